The molecule has 0 aromatic heterocycles. The molecule has 0 bridgehead atoms. The van der Waals surface area contributed by atoms with Crippen molar-refractivity contribution in [1.29, 1.82) is 0 Å². The van der Waals surface area contributed by atoms with Gasteiger partial charge in [-0.05, 0) is 70.6 Å². The van der Waals surface area contributed by atoms with Gasteiger partial charge in [-0.2, -0.15) is 0 Å². The number of rotatable bonds is 46. The minimum Gasteiger partial charge on any atom is -0.457 e. The summed E-state index contributed by atoms with van der Waals surface area (Å²) in [5.41, 5.74) is 0. The summed E-state index contributed by atoms with van der Waals surface area (Å²) in [5.74, 6) is -0.387. The predicted molar refractivity (Wildman–Crippen MR) is 298 cm³/mol. The Hall–Kier alpha value is -2.83. The number of aliphatic hydroxyl groups excluding tert-OH is 7. The Morgan fingerprint density at radius 3 is 1.36 bits per heavy atom. The second-order valence-electron chi connectivity index (χ2n) is 20.1. The molecule has 0 amide bonds. The molecular weight excluding hydrogens is 957 g/mol. The monoisotopic (exact) mass is 1060 g/mol. The van der Waals surface area contributed by atoms with E-state index < -0.39 is 80.7 Å². The van der Waals surface area contributed by atoms with Gasteiger partial charge in [-0.25, -0.2) is 0 Å². The van der Waals surface area contributed by atoms with Crippen LogP contribution in [-0.2, 0) is 33.2 Å². The second kappa shape index (κ2) is 47.2. The highest BCUT2D eigenvalue weighted by Crippen LogP contribution is 2.26. The quantitative estimate of drug-likeness (QED) is 0.0172. The Bertz CT molecular complexity index is 1560. The molecular formula is C61H104O14. The van der Waals surface area contributed by atoms with Crippen molar-refractivity contribution in [1.82, 2.24) is 0 Å². The molecule has 0 spiro atoms. The SMILES string of the molecule is CC/C=C\C/C=C\C/C=C\C/C=C\C/C=C\C/C=C\C/C=C\CCCCCCOCC(COC1OC(COC2OC(CO)C(O)C(O)C2O)C(O)C(O)C1O)OC(=O)CCCCCCCCCCCCCCCCC. The third kappa shape index (κ3) is 33.9. The molecule has 2 fully saturated rings. The summed E-state index contributed by atoms with van der Waals surface area (Å²) >= 11 is 0. The molecule has 75 heavy (non-hydrogen) atoms. The molecule has 0 radical (unpaired) electrons. The van der Waals surface area contributed by atoms with Crippen LogP contribution in [0.2, 0.25) is 0 Å². The molecule has 14 nitrogen and oxygen atoms in total. The lowest BCUT2D eigenvalue weighted by Gasteiger charge is -2.42. The van der Waals surface area contributed by atoms with E-state index in [-0.39, 0.29) is 25.6 Å². The number of hydrogen-bond acceptors (Lipinski definition) is 14. The van der Waals surface area contributed by atoms with E-state index in [4.69, 9.17) is 28.4 Å². The smallest absolute Gasteiger partial charge is 0.306 e. The highest BCUT2D eigenvalue weighted by molar-refractivity contribution is 5.69. The minimum atomic E-state index is -1.72. The van der Waals surface area contributed by atoms with Gasteiger partial charge >= 0.3 is 5.97 Å². The maximum Gasteiger partial charge on any atom is 0.306 e. The molecule has 432 valence electrons. The van der Waals surface area contributed by atoms with E-state index in [9.17, 15) is 40.5 Å². The highest BCUT2D eigenvalue weighted by Gasteiger charge is 2.47. The van der Waals surface area contributed by atoms with Gasteiger partial charge in [0.25, 0.3) is 0 Å². The topological polar surface area (TPSA) is 214 Å². The zero-order valence-corrected chi connectivity index (χ0v) is 46.3. The van der Waals surface area contributed by atoms with Crippen LogP contribution in [0.25, 0.3) is 0 Å². The van der Waals surface area contributed by atoms with E-state index in [1.54, 1.807) is 0 Å². The van der Waals surface area contributed by atoms with Gasteiger partial charge in [-0.1, -0.05) is 202 Å². The third-order valence-electron chi connectivity index (χ3n) is 13.4. The summed E-state index contributed by atoms with van der Waals surface area (Å²) in [6, 6.07) is 0. The van der Waals surface area contributed by atoms with Crippen LogP contribution < -0.4 is 0 Å². The lowest BCUT2D eigenvalue weighted by atomic mass is 9.98. The first kappa shape index (κ1) is 68.3. The zero-order valence-electron chi connectivity index (χ0n) is 46.3. The first-order valence-corrected chi connectivity index (χ1v) is 29.2. The van der Waals surface area contributed by atoms with Crippen LogP contribution in [0.5, 0.6) is 0 Å². The van der Waals surface area contributed by atoms with Crippen molar-refractivity contribution < 1.29 is 69.0 Å². The number of unbranched alkanes of at least 4 members (excludes halogenated alkanes) is 18. The minimum absolute atomic E-state index is 0.0412. The van der Waals surface area contributed by atoms with Crippen molar-refractivity contribution in [3.8, 4) is 0 Å². The van der Waals surface area contributed by atoms with Crippen molar-refractivity contribution in [2.45, 2.75) is 261 Å². The van der Waals surface area contributed by atoms with Crippen LogP contribution in [0.15, 0.2) is 85.1 Å². The molecule has 2 rings (SSSR count). The fraction of sp³-hybridized carbons (Fsp3) is 0.754. The number of ether oxygens (including phenoxy) is 6. The number of hydrogen-bond donors (Lipinski definition) is 7. The van der Waals surface area contributed by atoms with E-state index in [1.807, 2.05) is 0 Å². The zero-order chi connectivity index (χ0) is 54.4. The van der Waals surface area contributed by atoms with Crippen molar-refractivity contribution in [2.75, 3.05) is 33.0 Å². The molecule has 7 N–H and O–H groups in total. The van der Waals surface area contributed by atoms with Gasteiger partial charge in [-0.3, -0.25) is 4.79 Å². The van der Waals surface area contributed by atoms with E-state index in [2.05, 4.69) is 98.9 Å². The molecule has 14 heteroatoms. The largest absolute Gasteiger partial charge is 0.457 e. The molecule has 0 saturated carbocycles. The fourth-order valence-electron chi connectivity index (χ4n) is 8.74. The second-order valence-corrected chi connectivity index (χ2v) is 20.1. The number of allylic oxidation sites excluding steroid dienone is 14. The fourth-order valence-corrected chi connectivity index (χ4v) is 8.74. The number of carbonyl (C=O) groups is 1. The summed E-state index contributed by atoms with van der Waals surface area (Å²) in [4.78, 5) is 13.1. The number of esters is 1. The Morgan fingerprint density at radius 2 is 0.867 bits per heavy atom. The van der Waals surface area contributed by atoms with Gasteiger partial charge in [0.2, 0.25) is 0 Å². The third-order valence-corrected chi connectivity index (χ3v) is 13.4. The lowest BCUT2D eigenvalue weighted by molar-refractivity contribution is -0.332. The Kier molecular flexibility index (Phi) is 43.0. The van der Waals surface area contributed by atoms with E-state index in [1.165, 1.54) is 70.6 Å². The van der Waals surface area contributed by atoms with Crippen LogP contribution in [-0.4, -0.2) is 142 Å². The molecule has 2 aliphatic heterocycles. The summed E-state index contributed by atoms with van der Waals surface area (Å²) in [5, 5.41) is 72.3. The molecule has 0 aliphatic carbocycles. The van der Waals surface area contributed by atoms with Crippen LogP contribution in [0.1, 0.15) is 194 Å². The van der Waals surface area contributed by atoms with E-state index in [0.717, 1.165) is 96.3 Å². The molecule has 0 aromatic rings. The van der Waals surface area contributed by atoms with Crippen LogP contribution in [0.3, 0.4) is 0 Å². The predicted octanol–water partition coefficient (Wildman–Crippen LogP) is 10.4. The van der Waals surface area contributed by atoms with Gasteiger partial charge in [0.15, 0.2) is 12.6 Å². The lowest BCUT2D eigenvalue weighted by Crippen LogP contribution is -2.61. The number of carbonyl (C=O) groups excluding carboxylic acids is 1. The summed E-state index contributed by atoms with van der Waals surface area (Å²) < 4.78 is 34.3. The normalized spacial score (nSPS) is 25.2. The van der Waals surface area contributed by atoms with E-state index >= 15 is 0 Å². The van der Waals surface area contributed by atoms with Gasteiger partial charge in [-0.15, -0.1) is 0 Å². The Labute approximate surface area is 452 Å². The molecule has 2 saturated heterocycles. The van der Waals surface area contributed by atoms with Crippen LogP contribution >= 0.6 is 0 Å². The molecule has 2 aliphatic rings. The van der Waals surface area contributed by atoms with Gasteiger partial charge < -0.3 is 64.2 Å². The first-order chi connectivity index (χ1) is 36.6. The summed E-state index contributed by atoms with van der Waals surface area (Å²) in [6.45, 7) is 3.51. The van der Waals surface area contributed by atoms with Crippen molar-refractivity contribution >= 4 is 5.97 Å². The number of aliphatic hydroxyl groups is 7. The van der Waals surface area contributed by atoms with Crippen molar-refractivity contribution in [3.05, 3.63) is 85.1 Å². The van der Waals surface area contributed by atoms with E-state index in [0.29, 0.717) is 13.0 Å². The average Bonchev–Trinajstić information content (AvgIpc) is 3.41. The Morgan fingerprint density at radius 1 is 0.453 bits per heavy atom. The van der Waals surface area contributed by atoms with Gasteiger partial charge in [0, 0.05) is 13.0 Å². The van der Waals surface area contributed by atoms with Crippen LogP contribution in [0.4, 0.5) is 0 Å². The molecule has 11 atom stereocenters. The summed E-state index contributed by atoms with van der Waals surface area (Å²) in [6.07, 6.45) is 45.0. The molecule has 11 unspecified atom stereocenters. The molecule has 2 heterocycles. The Balaban J connectivity index is 1.72. The average molecular weight is 1060 g/mol. The van der Waals surface area contributed by atoms with Crippen LogP contribution in [0, 0.1) is 0 Å². The molecule has 0 aromatic carbocycles. The maximum atomic E-state index is 13.1. The van der Waals surface area contributed by atoms with Crippen molar-refractivity contribution in [2.24, 2.45) is 0 Å². The first-order valence-electron chi connectivity index (χ1n) is 29.2. The maximum absolute atomic E-state index is 13.1. The highest BCUT2D eigenvalue weighted by atomic mass is 16.7. The van der Waals surface area contributed by atoms with Gasteiger partial charge in [0.05, 0.1) is 26.4 Å². The summed E-state index contributed by atoms with van der Waals surface area (Å²) in [7, 11) is 0. The van der Waals surface area contributed by atoms with Crippen molar-refractivity contribution in [3.63, 3.8) is 0 Å². The van der Waals surface area contributed by atoms with Gasteiger partial charge in [0.1, 0.15) is 54.9 Å². The standard InChI is InChI=1S/C61H104O14/c1-3-5-7-9-11-13-15-17-19-20-21-22-23-24-25-26-27-28-29-31-33-35-37-39-41-43-45-70-47-50(73-53(63)44-42-40-38-36-34-32-30-18-16-14-12-10-8-6-4-2)48-71-60-59(69)57(67)55(65)52(75-60)49-72-61-58(68)56(66)54(64)51(46-62)74-61/h5,7,11,13,17,19,21-22,24-25,27-28,31,33,50-52,54-62,64-69H,3-4,6,8-10,12,14-16,18,20,23,26,29-30,32,34-49H2,1-2H3/b7-5-,13-11-,19-17-,22-21-,25-24-,28-27-,33-31-.